The highest BCUT2D eigenvalue weighted by molar-refractivity contribution is 6.31. The Morgan fingerprint density at radius 3 is 2.81 bits per heavy atom. The lowest BCUT2D eigenvalue weighted by Gasteiger charge is -2.05. The molecule has 2 rings (SSSR count). The number of rotatable bonds is 7. The molecule has 0 radical (unpaired) electrons. The fourth-order valence-corrected chi connectivity index (χ4v) is 2.60. The van der Waals surface area contributed by atoms with Gasteiger partial charge in [-0.05, 0) is 31.2 Å². The number of nitrogens with zero attached hydrogens (tertiary/aromatic N) is 1. The van der Waals surface area contributed by atoms with E-state index < -0.39 is 0 Å². The number of benzene rings is 1. The molecule has 2 N–H and O–H groups in total. The van der Waals surface area contributed by atoms with E-state index in [0.29, 0.717) is 19.5 Å². The van der Waals surface area contributed by atoms with Crippen LogP contribution in [0.3, 0.4) is 0 Å². The zero-order valence-corrected chi connectivity index (χ0v) is 13.3. The van der Waals surface area contributed by atoms with Crippen molar-refractivity contribution < 1.29 is 4.79 Å². The van der Waals surface area contributed by atoms with Crippen molar-refractivity contribution in [2.24, 2.45) is 0 Å². The molecule has 0 spiro atoms. The lowest BCUT2D eigenvalue weighted by Crippen LogP contribution is -2.23. The van der Waals surface area contributed by atoms with Crippen LogP contribution in [0.15, 0.2) is 24.4 Å². The number of fused-ring (bicyclic) bond motifs is 1. The van der Waals surface area contributed by atoms with Crippen LogP contribution in [0.25, 0.3) is 10.9 Å². The molecule has 0 aliphatic heterocycles. The summed E-state index contributed by atoms with van der Waals surface area (Å²) < 4.78 is 2.11. The molecule has 0 atom stereocenters. The van der Waals surface area contributed by atoms with Gasteiger partial charge in [0.25, 0.3) is 0 Å². The molecule has 0 fully saturated rings. The molecule has 0 bridgehead atoms. The van der Waals surface area contributed by atoms with E-state index in [4.69, 9.17) is 11.6 Å². The van der Waals surface area contributed by atoms with Gasteiger partial charge in [0, 0.05) is 48.2 Å². The monoisotopic (exact) mass is 307 g/mol. The molecule has 0 unspecified atom stereocenters. The molecule has 4 nitrogen and oxygen atoms in total. The van der Waals surface area contributed by atoms with E-state index in [2.05, 4.69) is 28.3 Å². The third-order valence-corrected chi connectivity index (χ3v) is 3.68. The highest BCUT2D eigenvalue weighted by atomic mass is 35.5. The Balaban J connectivity index is 2.24. The second-order valence-corrected chi connectivity index (χ2v) is 5.43. The average molecular weight is 308 g/mol. The SMILES string of the molecule is CCNCc1cn(CCC(=O)NCC)c2cc(Cl)ccc12. The molecular formula is C16H22ClN3O. The summed E-state index contributed by atoms with van der Waals surface area (Å²) in [7, 11) is 0. The summed E-state index contributed by atoms with van der Waals surface area (Å²) in [6, 6.07) is 5.92. The zero-order chi connectivity index (χ0) is 15.2. The normalized spacial score (nSPS) is 11.0. The standard InChI is InChI=1S/C16H22ClN3O/c1-3-18-10-12-11-20(8-7-16(21)19-4-2)15-9-13(17)5-6-14(12)15/h5-6,9,11,18H,3-4,7-8,10H2,1-2H3,(H,19,21). The second-order valence-electron chi connectivity index (χ2n) is 4.99. The number of hydrogen-bond donors (Lipinski definition) is 2. The number of halogens is 1. The summed E-state index contributed by atoms with van der Waals surface area (Å²) in [5, 5.41) is 8.08. The van der Waals surface area contributed by atoms with Crippen LogP contribution in [0.5, 0.6) is 0 Å². The van der Waals surface area contributed by atoms with E-state index in [1.54, 1.807) is 0 Å². The van der Waals surface area contributed by atoms with Gasteiger partial charge in [0.2, 0.25) is 5.91 Å². The minimum Gasteiger partial charge on any atom is -0.356 e. The Labute approximate surface area is 130 Å². The minimum atomic E-state index is 0.0783. The number of nitrogens with one attached hydrogen (secondary N) is 2. The van der Waals surface area contributed by atoms with Gasteiger partial charge in [0.15, 0.2) is 0 Å². The molecule has 1 heterocycles. The number of aryl methyl sites for hydroxylation is 1. The Morgan fingerprint density at radius 1 is 1.29 bits per heavy atom. The molecule has 0 saturated heterocycles. The Hall–Kier alpha value is -1.52. The summed E-state index contributed by atoms with van der Waals surface area (Å²) in [5.74, 6) is 0.0783. The number of hydrogen-bond acceptors (Lipinski definition) is 2. The van der Waals surface area contributed by atoms with E-state index >= 15 is 0 Å². The van der Waals surface area contributed by atoms with E-state index in [9.17, 15) is 4.79 Å². The first kappa shape index (κ1) is 15.9. The molecule has 0 aliphatic rings. The second kappa shape index (κ2) is 7.48. The zero-order valence-electron chi connectivity index (χ0n) is 12.6. The van der Waals surface area contributed by atoms with Crippen molar-refractivity contribution in [3.63, 3.8) is 0 Å². The van der Waals surface area contributed by atoms with Crippen molar-refractivity contribution in [1.29, 1.82) is 0 Å². The number of aromatic nitrogens is 1. The van der Waals surface area contributed by atoms with Gasteiger partial charge in [-0.25, -0.2) is 0 Å². The van der Waals surface area contributed by atoms with E-state index in [1.807, 2.05) is 25.1 Å². The van der Waals surface area contributed by atoms with Crippen molar-refractivity contribution >= 4 is 28.4 Å². The predicted octanol–water partition coefficient (Wildman–Crippen LogP) is 2.93. The topological polar surface area (TPSA) is 46.1 Å². The Kier molecular flexibility index (Phi) is 5.65. The van der Waals surface area contributed by atoms with Crippen LogP contribution in [-0.4, -0.2) is 23.6 Å². The maximum Gasteiger partial charge on any atom is 0.221 e. The summed E-state index contributed by atoms with van der Waals surface area (Å²) in [5.41, 5.74) is 2.32. The largest absolute Gasteiger partial charge is 0.356 e. The molecular weight excluding hydrogens is 286 g/mol. The number of carbonyl (C=O) groups is 1. The Bertz CT molecular complexity index is 621. The van der Waals surface area contributed by atoms with Crippen molar-refractivity contribution in [3.8, 4) is 0 Å². The summed E-state index contributed by atoms with van der Waals surface area (Å²) >= 11 is 6.11. The predicted molar refractivity (Wildman–Crippen MR) is 87.6 cm³/mol. The van der Waals surface area contributed by atoms with Crippen LogP contribution in [-0.2, 0) is 17.9 Å². The summed E-state index contributed by atoms with van der Waals surface area (Å²) in [6.07, 6.45) is 2.59. The lowest BCUT2D eigenvalue weighted by atomic mass is 10.2. The van der Waals surface area contributed by atoms with Gasteiger partial charge in [-0.3, -0.25) is 4.79 Å². The molecule has 0 aliphatic carbocycles. The van der Waals surface area contributed by atoms with Gasteiger partial charge in [-0.1, -0.05) is 24.6 Å². The summed E-state index contributed by atoms with van der Waals surface area (Å²) in [6.45, 7) is 7.10. The van der Waals surface area contributed by atoms with E-state index in [1.165, 1.54) is 10.9 Å². The van der Waals surface area contributed by atoms with Crippen LogP contribution in [0.4, 0.5) is 0 Å². The highest BCUT2D eigenvalue weighted by Gasteiger charge is 2.10. The van der Waals surface area contributed by atoms with Crippen molar-refractivity contribution in [2.75, 3.05) is 13.1 Å². The summed E-state index contributed by atoms with van der Waals surface area (Å²) in [4.78, 5) is 11.6. The fraction of sp³-hybridized carbons (Fsp3) is 0.438. The van der Waals surface area contributed by atoms with E-state index in [-0.39, 0.29) is 5.91 Å². The van der Waals surface area contributed by atoms with E-state index in [0.717, 1.165) is 23.6 Å². The third kappa shape index (κ3) is 3.99. The van der Waals surface area contributed by atoms with Gasteiger partial charge < -0.3 is 15.2 Å². The van der Waals surface area contributed by atoms with Crippen LogP contribution in [0.2, 0.25) is 5.02 Å². The van der Waals surface area contributed by atoms with Gasteiger partial charge >= 0.3 is 0 Å². The number of carbonyl (C=O) groups excluding carboxylic acids is 1. The molecule has 1 aromatic carbocycles. The molecule has 114 valence electrons. The maximum atomic E-state index is 11.6. The van der Waals surface area contributed by atoms with Gasteiger partial charge in [-0.2, -0.15) is 0 Å². The van der Waals surface area contributed by atoms with Crippen molar-refractivity contribution in [1.82, 2.24) is 15.2 Å². The van der Waals surface area contributed by atoms with Crippen molar-refractivity contribution in [2.45, 2.75) is 33.4 Å². The van der Waals surface area contributed by atoms with Crippen LogP contribution >= 0.6 is 11.6 Å². The van der Waals surface area contributed by atoms with Crippen LogP contribution in [0, 0.1) is 0 Å². The highest BCUT2D eigenvalue weighted by Crippen LogP contribution is 2.25. The number of amides is 1. The van der Waals surface area contributed by atoms with Crippen LogP contribution < -0.4 is 10.6 Å². The quantitative estimate of drug-likeness (QED) is 0.826. The van der Waals surface area contributed by atoms with Gasteiger partial charge in [0.1, 0.15) is 0 Å². The lowest BCUT2D eigenvalue weighted by molar-refractivity contribution is -0.121. The molecule has 21 heavy (non-hydrogen) atoms. The van der Waals surface area contributed by atoms with Gasteiger partial charge in [-0.15, -0.1) is 0 Å². The van der Waals surface area contributed by atoms with Gasteiger partial charge in [0.05, 0.1) is 0 Å². The first-order valence-corrected chi connectivity index (χ1v) is 7.78. The molecule has 5 heteroatoms. The molecule has 1 amide bonds. The molecule has 0 saturated carbocycles. The molecule has 2 aromatic rings. The Morgan fingerprint density at radius 2 is 2.10 bits per heavy atom. The first-order chi connectivity index (χ1) is 10.2. The smallest absolute Gasteiger partial charge is 0.221 e. The average Bonchev–Trinajstić information content (AvgIpc) is 2.80. The maximum absolute atomic E-state index is 11.6. The fourth-order valence-electron chi connectivity index (χ4n) is 2.43. The minimum absolute atomic E-state index is 0.0783. The first-order valence-electron chi connectivity index (χ1n) is 7.40. The van der Waals surface area contributed by atoms with Crippen LogP contribution in [0.1, 0.15) is 25.8 Å². The van der Waals surface area contributed by atoms with Crippen molar-refractivity contribution in [3.05, 3.63) is 35.0 Å². The third-order valence-electron chi connectivity index (χ3n) is 3.45. The molecule has 1 aromatic heterocycles.